The maximum absolute atomic E-state index is 12.3. The van der Waals surface area contributed by atoms with E-state index in [9.17, 15) is 8.42 Å². The number of sulfonamides is 1. The predicted octanol–water partition coefficient (Wildman–Crippen LogP) is 2.43. The molecule has 2 atom stereocenters. The van der Waals surface area contributed by atoms with Gasteiger partial charge in [-0.3, -0.25) is 0 Å². The molecule has 1 fully saturated rings. The van der Waals surface area contributed by atoms with Gasteiger partial charge in [-0.2, -0.15) is 4.31 Å². The van der Waals surface area contributed by atoms with Crippen molar-refractivity contribution in [1.29, 1.82) is 0 Å². The molecular formula is C14H13NO2S. The molecule has 2 aromatic rings. The Labute approximate surface area is 107 Å². The van der Waals surface area contributed by atoms with Gasteiger partial charge in [0, 0.05) is 6.54 Å². The monoisotopic (exact) mass is 259 g/mol. The summed E-state index contributed by atoms with van der Waals surface area (Å²) in [4.78, 5) is 0.364. The molecular weight excluding hydrogens is 246 g/mol. The topological polar surface area (TPSA) is 37.1 Å². The van der Waals surface area contributed by atoms with Crippen LogP contribution in [0.3, 0.4) is 0 Å². The molecule has 1 aliphatic rings. The first-order valence-corrected chi connectivity index (χ1v) is 7.25. The maximum atomic E-state index is 12.3. The summed E-state index contributed by atoms with van der Waals surface area (Å²) in [6.07, 6.45) is 0. The van der Waals surface area contributed by atoms with Crippen LogP contribution in [0.5, 0.6) is 0 Å². The maximum Gasteiger partial charge on any atom is 0.243 e. The molecule has 0 aliphatic carbocycles. The fourth-order valence-electron chi connectivity index (χ4n) is 2.06. The van der Waals surface area contributed by atoms with Crippen molar-refractivity contribution >= 4 is 10.0 Å². The minimum absolute atomic E-state index is 0.00333. The summed E-state index contributed by atoms with van der Waals surface area (Å²) in [6.45, 7) is 0.571. The van der Waals surface area contributed by atoms with Crippen molar-refractivity contribution in [2.75, 3.05) is 6.54 Å². The zero-order valence-corrected chi connectivity index (χ0v) is 10.5. The first-order chi connectivity index (χ1) is 8.69. The van der Waals surface area contributed by atoms with Crippen LogP contribution < -0.4 is 0 Å². The Balaban J connectivity index is 1.87. The molecule has 92 valence electrons. The highest BCUT2D eigenvalue weighted by Gasteiger charge is 2.45. The van der Waals surface area contributed by atoms with E-state index in [0.717, 1.165) is 5.56 Å². The van der Waals surface area contributed by atoms with Gasteiger partial charge in [0.25, 0.3) is 0 Å². The third kappa shape index (κ3) is 1.94. The van der Waals surface area contributed by atoms with Crippen LogP contribution in [-0.4, -0.2) is 19.3 Å². The van der Waals surface area contributed by atoms with Crippen LogP contribution in [0.2, 0.25) is 0 Å². The Kier molecular flexibility index (Phi) is 2.69. The number of hydrogen-bond donors (Lipinski definition) is 0. The molecule has 0 amide bonds. The molecule has 1 heterocycles. The number of benzene rings is 2. The second-order valence-corrected chi connectivity index (χ2v) is 6.20. The molecule has 3 nitrogen and oxygen atoms in total. The fourth-order valence-corrected chi connectivity index (χ4v) is 3.63. The van der Waals surface area contributed by atoms with Crippen molar-refractivity contribution in [2.45, 2.75) is 10.9 Å². The Morgan fingerprint density at radius 1 is 0.889 bits per heavy atom. The standard InChI is InChI=1S/C14H13NO2S/c16-18(17,13-9-5-2-6-10-13)15-11-14(15)12-7-3-1-4-8-12/h1-10,14H,11H2/t14-,15?/m0/s1. The molecule has 3 rings (SSSR count). The van der Waals surface area contributed by atoms with Crippen molar-refractivity contribution in [3.8, 4) is 0 Å². The summed E-state index contributed by atoms with van der Waals surface area (Å²) >= 11 is 0. The fraction of sp³-hybridized carbons (Fsp3) is 0.143. The lowest BCUT2D eigenvalue weighted by Gasteiger charge is -2.06. The normalized spacial score (nSPS) is 22.7. The van der Waals surface area contributed by atoms with E-state index in [1.54, 1.807) is 24.3 Å². The van der Waals surface area contributed by atoms with Gasteiger partial charge < -0.3 is 0 Å². The van der Waals surface area contributed by atoms with E-state index in [2.05, 4.69) is 0 Å². The Hall–Kier alpha value is -1.65. The quantitative estimate of drug-likeness (QED) is 0.794. The first-order valence-electron chi connectivity index (χ1n) is 5.81. The zero-order valence-electron chi connectivity index (χ0n) is 9.73. The van der Waals surface area contributed by atoms with Crippen molar-refractivity contribution in [3.63, 3.8) is 0 Å². The summed E-state index contributed by atoms with van der Waals surface area (Å²) in [6, 6.07) is 18.3. The van der Waals surface area contributed by atoms with E-state index in [1.165, 1.54) is 4.31 Å². The van der Waals surface area contributed by atoms with Gasteiger partial charge in [-0.25, -0.2) is 8.42 Å². The van der Waals surface area contributed by atoms with Crippen LogP contribution in [0, 0.1) is 0 Å². The van der Waals surface area contributed by atoms with Gasteiger partial charge in [-0.05, 0) is 17.7 Å². The average Bonchev–Trinajstić information content (AvgIpc) is 3.22. The van der Waals surface area contributed by atoms with Crippen molar-refractivity contribution in [1.82, 2.24) is 4.31 Å². The van der Waals surface area contributed by atoms with Crippen molar-refractivity contribution in [3.05, 3.63) is 66.2 Å². The highest BCUT2D eigenvalue weighted by molar-refractivity contribution is 7.89. The Morgan fingerprint density at radius 2 is 1.44 bits per heavy atom. The second-order valence-electron chi connectivity index (χ2n) is 4.31. The first kappa shape index (κ1) is 11.4. The smallest absolute Gasteiger partial charge is 0.207 e. The van der Waals surface area contributed by atoms with Gasteiger partial charge in [0.2, 0.25) is 10.0 Å². The van der Waals surface area contributed by atoms with E-state index in [0.29, 0.717) is 11.4 Å². The lowest BCUT2D eigenvalue weighted by molar-refractivity contribution is 0.554. The molecule has 0 radical (unpaired) electrons. The van der Waals surface area contributed by atoms with Gasteiger partial charge in [0.15, 0.2) is 0 Å². The van der Waals surface area contributed by atoms with Gasteiger partial charge in [-0.15, -0.1) is 0 Å². The van der Waals surface area contributed by atoms with Crippen LogP contribution >= 0.6 is 0 Å². The van der Waals surface area contributed by atoms with Crippen LogP contribution in [-0.2, 0) is 10.0 Å². The Morgan fingerprint density at radius 3 is 2.06 bits per heavy atom. The highest BCUT2D eigenvalue weighted by Crippen LogP contribution is 2.39. The van der Waals surface area contributed by atoms with Gasteiger partial charge in [-0.1, -0.05) is 48.5 Å². The highest BCUT2D eigenvalue weighted by atomic mass is 32.2. The minimum Gasteiger partial charge on any atom is -0.207 e. The summed E-state index contributed by atoms with van der Waals surface area (Å²) in [7, 11) is -3.33. The van der Waals surface area contributed by atoms with E-state index < -0.39 is 10.0 Å². The molecule has 1 unspecified atom stereocenters. The lowest BCUT2D eigenvalue weighted by atomic mass is 10.2. The molecule has 18 heavy (non-hydrogen) atoms. The van der Waals surface area contributed by atoms with Crippen LogP contribution in [0.25, 0.3) is 0 Å². The molecule has 0 aromatic heterocycles. The molecule has 0 N–H and O–H groups in total. The van der Waals surface area contributed by atoms with Crippen LogP contribution in [0.4, 0.5) is 0 Å². The molecule has 1 aliphatic heterocycles. The van der Waals surface area contributed by atoms with E-state index in [1.807, 2.05) is 36.4 Å². The lowest BCUT2D eigenvalue weighted by Crippen LogP contribution is -2.12. The van der Waals surface area contributed by atoms with Crippen molar-refractivity contribution in [2.24, 2.45) is 0 Å². The summed E-state index contributed by atoms with van der Waals surface area (Å²) < 4.78 is 26.1. The molecule has 4 heteroatoms. The number of rotatable bonds is 3. The van der Waals surface area contributed by atoms with Gasteiger partial charge in [0.05, 0.1) is 10.9 Å². The summed E-state index contributed by atoms with van der Waals surface area (Å²) in [5.41, 5.74) is 1.05. The van der Waals surface area contributed by atoms with Gasteiger partial charge >= 0.3 is 0 Å². The van der Waals surface area contributed by atoms with Crippen LogP contribution in [0.15, 0.2) is 65.6 Å². The average molecular weight is 259 g/mol. The molecule has 0 saturated carbocycles. The predicted molar refractivity (Wildman–Crippen MR) is 69.5 cm³/mol. The zero-order chi connectivity index (χ0) is 12.6. The summed E-state index contributed by atoms with van der Waals surface area (Å²) in [5.74, 6) is 0. The minimum atomic E-state index is -3.33. The van der Waals surface area contributed by atoms with Crippen molar-refractivity contribution < 1.29 is 8.42 Å². The molecule has 1 saturated heterocycles. The SMILES string of the molecule is O=S(=O)(c1ccccc1)N1C[C@H]1c1ccccc1. The third-order valence-electron chi connectivity index (χ3n) is 3.10. The summed E-state index contributed by atoms with van der Waals surface area (Å²) in [5, 5.41) is 0. The molecule has 2 aromatic carbocycles. The number of hydrogen-bond acceptors (Lipinski definition) is 2. The van der Waals surface area contributed by atoms with E-state index >= 15 is 0 Å². The Bertz CT molecular complexity index is 638. The number of nitrogens with zero attached hydrogens (tertiary/aromatic N) is 1. The second kappa shape index (κ2) is 4.23. The molecule has 0 spiro atoms. The van der Waals surface area contributed by atoms with E-state index in [-0.39, 0.29) is 6.04 Å². The van der Waals surface area contributed by atoms with E-state index in [4.69, 9.17) is 0 Å². The molecule has 0 bridgehead atoms. The third-order valence-corrected chi connectivity index (χ3v) is 4.99. The largest absolute Gasteiger partial charge is 0.243 e. The van der Waals surface area contributed by atoms with Gasteiger partial charge in [0.1, 0.15) is 0 Å². The van der Waals surface area contributed by atoms with Crippen LogP contribution in [0.1, 0.15) is 11.6 Å².